The zero-order chi connectivity index (χ0) is 26.8. The molecule has 2 fully saturated rings. The normalized spacial score (nSPS) is 21.0. The third kappa shape index (κ3) is 4.17. The molecular weight excluding hydrogens is 515 g/mol. The van der Waals surface area contributed by atoms with Crippen LogP contribution in [-0.2, 0) is 11.2 Å². The molecule has 1 aromatic carbocycles. The van der Waals surface area contributed by atoms with E-state index < -0.39 is 5.82 Å². The van der Waals surface area contributed by atoms with Gasteiger partial charge in [-0.2, -0.15) is 5.10 Å². The van der Waals surface area contributed by atoms with Gasteiger partial charge in [-0.1, -0.05) is 0 Å². The minimum atomic E-state index is -0.392. The molecule has 2 N–H and O–H groups in total. The largest absolute Gasteiger partial charge is 0.371 e. The van der Waals surface area contributed by atoms with Crippen LogP contribution in [0.1, 0.15) is 64.8 Å². The number of hydrogen-bond donors (Lipinski definition) is 1. The molecule has 2 atom stereocenters. The first-order valence-corrected chi connectivity index (χ1v) is 14.4. The maximum Gasteiger partial charge on any atom is 0.273 e. The van der Waals surface area contributed by atoms with Crippen molar-refractivity contribution in [2.45, 2.75) is 44.6 Å². The highest BCUT2D eigenvalue weighted by Gasteiger charge is 2.33. The topological polar surface area (TPSA) is 96.8 Å². The zero-order valence-electron chi connectivity index (χ0n) is 21.6. The van der Waals surface area contributed by atoms with Crippen LogP contribution in [0, 0.1) is 11.7 Å². The Bertz CT molecular complexity index is 1630. The summed E-state index contributed by atoms with van der Waals surface area (Å²) in [6.45, 7) is 3.90. The van der Waals surface area contributed by atoms with Crippen LogP contribution >= 0.6 is 11.3 Å². The van der Waals surface area contributed by atoms with Crippen molar-refractivity contribution in [2.24, 2.45) is 11.7 Å². The quantitative estimate of drug-likeness (QED) is 0.398. The second kappa shape index (κ2) is 9.15. The fraction of sp³-hybridized carbons (Fsp3) is 0.379. The van der Waals surface area contributed by atoms with Crippen LogP contribution in [-0.4, -0.2) is 50.9 Å². The first-order chi connectivity index (χ1) is 18.9. The zero-order valence-corrected chi connectivity index (χ0v) is 22.5. The van der Waals surface area contributed by atoms with Crippen molar-refractivity contribution in [1.82, 2.24) is 19.5 Å². The van der Waals surface area contributed by atoms with Gasteiger partial charge in [0, 0.05) is 53.4 Å². The number of rotatable bonds is 5. The minimum absolute atomic E-state index is 0.00292. The van der Waals surface area contributed by atoms with E-state index in [0.29, 0.717) is 54.6 Å². The van der Waals surface area contributed by atoms with Crippen LogP contribution in [0.2, 0.25) is 0 Å². The molecule has 3 aliphatic rings. The van der Waals surface area contributed by atoms with Crippen LogP contribution in [0.15, 0.2) is 41.8 Å². The standard InChI is InChI=1S/C29H29FN6O2S/c1-16-20-8-11-39-26(20)7-10-35(16)29(38)24-13-25(17-2-3-17)36-27(32-24)14-23(33-36)21-5-4-19(12-22(21)30)34-9-6-18(15-34)28(31)37/h4-5,8,11-14,16-18H,2-3,6-7,9-10,15H2,1H3,(H2,31,37)/t16-,18+/m1/s1. The van der Waals surface area contributed by atoms with Gasteiger partial charge in [-0.25, -0.2) is 13.9 Å². The highest BCUT2D eigenvalue weighted by atomic mass is 32.1. The van der Waals surface area contributed by atoms with Gasteiger partial charge in [-0.05, 0) is 73.9 Å². The lowest BCUT2D eigenvalue weighted by atomic mass is 10.0. The summed E-state index contributed by atoms with van der Waals surface area (Å²) >= 11 is 1.75. The van der Waals surface area contributed by atoms with E-state index in [-0.39, 0.29) is 23.8 Å². The van der Waals surface area contributed by atoms with Crippen molar-refractivity contribution in [3.05, 3.63) is 69.4 Å². The van der Waals surface area contributed by atoms with Gasteiger partial charge in [0.25, 0.3) is 5.91 Å². The SMILES string of the molecule is C[C@@H]1c2ccsc2CCN1C(=O)c1cc(C2CC2)n2nc(-c3ccc(N4CC[C@H](C(N)=O)C4)cc3F)cc2n1. The van der Waals surface area contributed by atoms with Gasteiger partial charge in [-0.3, -0.25) is 9.59 Å². The van der Waals surface area contributed by atoms with Crippen molar-refractivity contribution in [1.29, 1.82) is 0 Å². The van der Waals surface area contributed by atoms with E-state index in [0.717, 1.165) is 30.6 Å². The molecular formula is C29H29FN6O2S. The van der Waals surface area contributed by atoms with Crippen molar-refractivity contribution in [3.8, 4) is 11.3 Å². The van der Waals surface area contributed by atoms with Gasteiger partial charge < -0.3 is 15.5 Å². The molecule has 10 heteroatoms. The van der Waals surface area contributed by atoms with Crippen molar-refractivity contribution < 1.29 is 14.0 Å². The van der Waals surface area contributed by atoms with E-state index in [1.807, 2.05) is 21.9 Å². The number of carbonyl (C=O) groups is 2. The lowest BCUT2D eigenvalue weighted by Gasteiger charge is -2.33. The van der Waals surface area contributed by atoms with Gasteiger partial charge in [0.15, 0.2) is 5.65 Å². The summed E-state index contributed by atoms with van der Waals surface area (Å²) < 4.78 is 17.2. The second-order valence-electron chi connectivity index (χ2n) is 10.9. The Morgan fingerprint density at radius 2 is 1.95 bits per heavy atom. The number of primary amides is 1. The number of amides is 2. The Morgan fingerprint density at radius 1 is 1.10 bits per heavy atom. The molecule has 5 heterocycles. The molecule has 0 radical (unpaired) electrons. The van der Waals surface area contributed by atoms with E-state index in [4.69, 9.17) is 15.8 Å². The van der Waals surface area contributed by atoms with E-state index in [9.17, 15) is 9.59 Å². The Morgan fingerprint density at radius 3 is 2.69 bits per heavy atom. The lowest BCUT2D eigenvalue weighted by molar-refractivity contribution is -0.121. The number of benzene rings is 1. The number of thiophene rings is 1. The van der Waals surface area contributed by atoms with Crippen LogP contribution in [0.4, 0.5) is 10.1 Å². The Balaban J connectivity index is 1.21. The summed E-state index contributed by atoms with van der Waals surface area (Å²) in [5.74, 6) is -0.687. The molecule has 3 aromatic heterocycles. The molecule has 0 bridgehead atoms. The molecule has 8 nitrogen and oxygen atoms in total. The Hall–Kier alpha value is -3.79. The summed E-state index contributed by atoms with van der Waals surface area (Å²) in [5.41, 5.74) is 10.1. The van der Waals surface area contributed by atoms with Gasteiger partial charge >= 0.3 is 0 Å². The van der Waals surface area contributed by atoms with Crippen LogP contribution < -0.4 is 10.6 Å². The summed E-state index contributed by atoms with van der Waals surface area (Å²) in [6, 6.07) is 10.8. The van der Waals surface area contributed by atoms with E-state index >= 15 is 4.39 Å². The van der Waals surface area contributed by atoms with Gasteiger partial charge in [-0.15, -0.1) is 11.3 Å². The smallest absolute Gasteiger partial charge is 0.273 e. The van der Waals surface area contributed by atoms with Gasteiger partial charge in [0.1, 0.15) is 11.5 Å². The second-order valence-corrected chi connectivity index (χ2v) is 11.9. The molecule has 0 spiro atoms. The van der Waals surface area contributed by atoms with Gasteiger partial charge in [0.2, 0.25) is 5.91 Å². The molecule has 39 heavy (non-hydrogen) atoms. The summed E-state index contributed by atoms with van der Waals surface area (Å²) in [7, 11) is 0. The average molecular weight is 545 g/mol. The van der Waals surface area contributed by atoms with Gasteiger partial charge in [0.05, 0.1) is 17.7 Å². The number of nitrogens with zero attached hydrogens (tertiary/aromatic N) is 5. The minimum Gasteiger partial charge on any atom is -0.371 e. The number of hydrogen-bond acceptors (Lipinski definition) is 6. The fourth-order valence-electron chi connectivity index (χ4n) is 5.98. The third-order valence-electron chi connectivity index (χ3n) is 8.39. The number of anilines is 1. The molecule has 1 aliphatic carbocycles. The summed E-state index contributed by atoms with van der Waals surface area (Å²) in [6.07, 6.45) is 3.59. The third-order valence-corrected chi connectivity index (χ3v) is 9.39. The van der Waals surface area contributed by atoms with Crippen molar-refractivity contribution in [3.63, 3.8) is 0 Å². The molecule has 2 aliphatic heterocycles. The predicted molar refractivity (Wildman–Crippen MR) is 147 cm³/mol. The summed E-state index contributed by atoms with van der Waals surface area (Å²) in [5, 5.41) is 6.82. The summed E-state index contributed by atoms with van der Waals surface area (Å²) in [4.78, 5) is 35.2. The van der Waals surface area contributed by atoms with Crippen LogP contribution in [0.3, 0.4) is 0 Å². The van der Waals surface area contributed by atoms with Crippen molar-refractivity contribution in [2.75, 3.05) is 24.5 Å². The lowest BCUT2D eigenvalue weighted by Crippen LogP contribution is -2.38. The van der Waals surface area contributed by atoms with E-state index in [1.165, 1.54) is 16.5 Å². The van der Waals surface area contributed by atoms with E-state index in [2.05, 4.69) is 18.4 Å². The molecule has 200 valence electrons. The highest BCUT2D eigenvalue weighted by molar-refractivity contribution is 7.10. The maximum absolute atomic E-state index is 15.4. The van der Waals surface area contributed by atoms with Crippen molar-refractivity contribution >= 4 is 34.5 Å². The molecule has 1 saturated heterocycles. The predicted octanol–water partition coefficient (Wildman–Crippen LogP) is 4.55. The number of halogens is 1. The highest BCUT2D eigenvalue weighted by Crippen LogP contribution is 2.41. The number of carbonyl (C=O) groups excluding carboxylic acids is 2. The molecule has 7 rings (SSSR count). The number of aromatic nitrogens is 3. The molecule has 0 unspecified atom stereocenters. The number of fused-ring (bicyclic) bond motifs is 2. The maximum atomic E-state index is 15.4. The average Bonchev–Trinajstić information content (AvgIpc) is 3.31. The first-order valence-electron chi connectivity index (χ1n) is 13.5. The number of nitrogens with two attached hydrogens (primary N) is 1. The first kappa shape index (κ1) is 24.3. The van der Waals surface area contributed by atoms with Crippen LogP contribution in [0.25, 0.3) is 16.9 Å². The molecule has 2 amide bonds. The molecule has 1 saturated carbocycles. The Kier molecular flexibility index (Phi) is 5.69. The molecule has 4 aromatic rings. The monoisotopic (exact) mass is 544 g/mol. The fourth-order valence-corrected chi connectivity index (χ4v) is 6.94. The van der Waals surface area contributed by atoms with E-state index in [1.54, 1.807) is 28.0 Å². The van der Waals surface area contributed by atoms with Crippen LogP contribution in [0.5, 0.6) is 0 Å². The Labute approximate surface area is 229 Å².